The van der Waals surface area contributed by atoms with Crippen molar-refractivity contribution < 1.29 is 13.6 Å². The average molecular weight is 537 g/mol. The molecule has 204 valence electrons. The molecule has 3 heterocycles. The van der Waals surface area contributed by atoms with E-state index in [0.29, 0.717) is 52.8 Å². The number of halogens is 2. The molecular formula is C27H30F2N8O2. The molecule has 0 amide bonds. The van der Waals surface area contributed by atoms with Gasteiger partial charge in [0.15, 0.2) is 0 Å². The predicted octanol–water partition coefficient (Wildman–Crippen LogP) is 4.48. The van der Waals surface area contributed by atoms with Gasteiger partial charge < -0.3 is 14.3 Å². The lowest BCUT2D eigenvalue weighted by Gasteiger charge is -2.37. The molecule has 0 bridgehead atoms. The topological polar surface area (TPSA) is 125 Å². The molecule has 0 atom stereocenters. The fourth-order valence-corrected chi connectivity index (χ4v) is 5.01. The number of nitrogens with zero attached hydrogens (tertiary/aromatic N) is 8. The van der Waals surface area contributed by atoms with Gasteiger partial charge in [-0.3, -0.25) is 4.79 Å². The number of hydrogen-bond acceptors (Lipinski definition) is 8. The van der Waals surface area contributed by atoms with E-state index in [-0.39, 0.29) is 28.9 Å². The fourth-order valence-electron chi connectivity index (χ4n) is 5.01. The molecule has 0 N–H and O–H groups in total. The number of alkyl halides is 2. The largest absolute Gasteiger partial charge is 0.390 e. The minimum atomic E-state index is -2.82. The van der Waals surface area contributed by atoms with E-state index in [0.717, 1.165) is 0 Å². The molecule has 0 spiro atoms. The van der Waals surface area contributed by atoms with Crippen LogP contribution in [0, 0.1) is 28.6 Å². The summed E-state index contributed by atoms with van der Waals surface area (Å²) in [6, 6.07) is 8.68. The SMILES string of the molecule is CN(c1c(C#N)c(=O)n(C)c2ccc(C#N)nc12)C1CCC(/C(=N/OC(C)(C)C)c2ccnn2C(F)F)CC1. The van der Waals surface area contributed by atoms with Gasteiger partial charge in [-0.25, -0.2) is 9.67 Å². The van der Waals surface area contributed by atoms with Crippen molar-refractivity contribution in [3.63, 3.8) is 0 Å². The molecule has 0 saturated heterocycles. The Morgan fingerprint density at radius 3 is 2.46 bits per heavy atom. The van der Waals surface area contributed by atoms with Crippen LogP contribution in [0.15, 0.2) is 34.3 Å². The van der Waals surface area contributed by atoms with Gasteiger partial charge in [0.25, 0.3) is 5.56 Å². The van der Waals surface area contributed by atoms with E-state index in [9.17, 15) is 24.1 Å². The molecule has 12 heteroatoms. The summed E-state index contributed by atoms with van der Waals surface area (Å²) in [6.45, 7) is 2.67. The number of oxime groups is 1. The maximum absolute atomic E-state index is 13.7. The monoisotopic (exact) mass is 536 g/mol. The lowest BCUT2D eigenvalue weighted by atomic mass is 9.81. The van der Waals surface area contributed by atoms with Gasteiger partial charge in [0, 0.05) is 32.3 Å². The van der Waals surface area contributed by atoms with Crippen molar-refractivity contribution in [3.8, 4) is 12.1 Å². The molecular weight excluding hydrogens is 506 g/mol. The van der Waals surface area contributed by atoms with Crippen molar-refractivity contribution in [1.29, 1.82) is 10.5 Å². The lowest BCUT2D eigenvalue weighted by molar-refractivity contribution is -0.000400. The molecule has 0 aliphatic heterocycles. The molecule has 0 radical (unpaired) electrons. The van der Waals surface area contributed by atoms with Gasteiger partial charge in [-0.1, -0.05) is 5.16 Å². The summed E-state index contributed by atoms with van der Waals surface area (Å²) < 4.78 is 29.3. The summed E-state index contributed by atoms with van der Waals surface area (Å²) >= 11 is 0. The van der Waals surface area contributed by atoms with Crippen LogP contribution in [-0.4, -0.2) is 43.7 Å². The van der Waals surface area contributed by atoms with Crippen LogP contribution < -0.4 is 10.5 Å². The van der Waals surface area contributed by atoms with Crippen LogP contribution in [0.4, 0.5) is 14.5 Å². The number of nitriles is 2. The first-order valence-corrected chi connectivity index (χ1v) is 12.6. The van der Waals surface area contributed by atoms with Crippen molar-refractivity contribution >= 4 is 22.4 Å². The molecule has 1 aliphatic carbocycles. The first-order valence-electron chi connectivity index (χ1n) is 12.6. The molecule has 3 aromatic heterocycles. The zero-order chi connectivity index (χ0) is 28.5. The summed E-state index contributed by atoms with van der Waals surface area (Å²) in [4.78, 5) is 25.0. The average Bonchev–Trinajstić information content (AvgIpc) is 3.40. The van der Waals surface area contributed by atoms with Crippen LogP contribution in [-0.2, 0) is 11.9 Å². The molecule has 1 fully saturated rings. The number of pyridine rings is 2. The molecule has 0 aromatic carbocycles. The highest BCUT2D eigenvalue weighted by Crippen LogP contribution is 2.35. The fraction of sp³-hybridized carbons (Fsp3) is 0.481. The lowest BCUT2D eigenvalue weighted by Crippen LogP contribution is -2.39. The van der Waals surface area contributed by atoms with Gasteiger partial charge in [0.05, 0.1) is 16.9 Å². The van der Waals surface area contributed by atoms with Gasteiger partial charge in [-0.05, 0) is 64.7 Å². The van der Waals surface area contributed by atoms with Crippen LogP contribution in [0.1, 0.15) is 70.0 Å². The maximum atomic E-state index is 13.7. The quantitative estimate of drug-likeness (QED) is 0.336. The van der Waals surface area contributed by atoms with Crippen LogP contribution in [0.3, 0.4) is 0 Å². The van der Waals surface area contributed by atoms with Crippen LogP contribution in [0.25, 0.3) is 11.0 Å². The van der Waals surface area contributed by atoms with Crippen LogP contribution >= 0.6 is 0 Å². The first kappa shape index (κ1) is 27.7. The number of rotatable bonds is 6. The van der Waals surface area contributed by atoms with Crippen LogP contribution in [0.2, 0.25) is 0 Å². The number of fused-ring (bicyclic) bond motifs is 1. The van der Waals surface area contributed by atoms with Crippen molar-refractivity contribution in [1.82, 2.24) is 19.3 Å². The second kappa shape index (κ2) is 10.8. The van der Waals surface area contributed by atoms with Crippen molar-refractivity contribution in [2.75, 3.05) is 11.9 Å². The third-order valence-electron chi connectivity index (χ3n) is 6.96. The molecule has 10 nitrogen and oxygen atoms in total. The highest BCUT2D eigenvalue weighted by atomic mass is 19.3. The second-order valence-corrected chi connectivity index (χ2v) is 10.6. The summed E-state index contributed by atoms with van der Waals surface area (Å²) in [7, 11) is 3.38. The van der Waals surface area contributed by atoms with E-state index in [1.54, 1.807) is 13.1 Å². The van der Waals surface area contributed by atoms with Gasteiger partial charge in [0.2, 0.25) is 0 Å². The summed E-state index contributed by atoms with van der Waals surface area (Å²) in [5, 5.41) is 27.4. The van der Waals surface area contributed by atoms with Crippen LogP contribution in [0.5, 0.6) is 0 Å². The highest BCUT2D eigenvalue weighted by molar-refractivity contribution is 6.00. The second-order valence-electron chi connectivity index (χ2n) is 10.6. The van der Waals surface area contributed by atoms with Gasteiger partial charge in [-0.15, -0.1) is 0 Å². The predicted molar refractivity (Wildman–Crippen MR) is 141 cm³/mol. The van der Waals surface area contributed by atoms with E-state index in [1.807, 2.05) is 44.9 Å². The summed E-state index contributed by atoms with van der Waals surface area (Å²) in [6.07, 6.45) is 3.81. The number of hydrogen-bond donors (Lipinski definition) is 0. The van der Waals surface area contributed by atoms with Gasteiger partial charge in [0.1, 0.15) is 40.2 Å². The van der Waals surface area contributed by atoms with Gasteiger partial charge >= 0.3 is 6.55 Å². The Hall–Kier alpha value is -4.32. The van der Waals surface area contributed by atoms with E-state index in [1.165, 1.54) is 22.9 Å². The number of aryl methyl sites for hydroxylation is 1. The number of anilines is 1. The Balaban J connectivity index is 1.67. The molecule has 0 unspecified atom stereocenters. The number of aromatic nitrogens is 4. The Kier molecular flexibility index (Phi) is 7.68. The van der Waals surface area contributed by atoms with E-state index in [4.69, 9.17) is 4.84 Å². The first-order chi connectivity index (χ1) is 18.5. The molecule has 39 heavy (non-hydrogen) atoms. The van der Waals surface area contributed by atoms with Crippen molar-refractivity contribution in [3.05, 3.63) is 51.7 Å². The maximum Gasteiger partial charge on any atom is 0.333 e. The Morgan fingerprint density at radius 1 is 1.18 bits per heavy atom. The summed E-state index contributed by atoms with van der Waals surface area (Å²) in [5.74, 6) is -0.162. The molecule has 3 aromatic rings. The Bertz CT molecular complexity index is 1550. The molecule has 1 saturated carbocycles. The van der Waals surface area contributed by atoms with E-state index in [2.05, 4.69) is 15.2 Å². The minimum Gasteiger partial charge on any atom is -0.390 e. The smallest absolute Gasteiger partial charge is 0.333 e. The van der Waals surface area contributed by atoms with Gasteiger partial charge in [-0.2, -0.15) is 24.4 Å². The Labute approximate surface area is 224 Å². The van der Waals surface area contributed by atoms with Crippen molar-refractivity contribution in [2.24, 2.45) is 18.1 Å². The molecule has 4 rings (SSSR count). The highest BCUT2D eigenvalue weighted by Gasteiger charge is 2.33. The minimum absolute atomic E-state index is 0.0427. The van der Waals surface area contributed by atoms with Crippen molar-refractivity contribution in [2.45, 2.75) is 64.6 Å². The zero-order valence-electron chi connectivity index (χ0n) is 22.5. The van der Waals surface area contributed by atoms with E-state index >= 15 is 0 Å². The summed E-state index contributed by atoms with van der Waals surface area (Å²) in [5.41, 5.74) is 1.02. The third-order valence-corrected chi connectivity index (χ3v) is 6.96. The standard InChI is InChI=1S/C27H30F2N8O2/c1-27(2,3)39-34-22(21-12-13-32-37(21)26(28)29)16-6-9-18(10-7-16)35(4)24-19(15-31)25(38)36(5)20-11-8-17(14-30)33-23(20)24/h8,11-13,16,18,26H,6-7,9-10H2,1-5H3/b34-22-. The normalized spacial score (nSPS) is 18.2. The Morgan fingerprint density at radius 2 is 1.87 bits per heavy atom. The molecule has 1 aliphatic rings. The van der Waals surface area contributed by atoms with E-state index < -0.39 is 17.7 Å². The zero-order valence-corrected chi connectivity index (χ0v) is 22.5. The third kappa shape index (κ3) is 5.46.